The summed E-state index contributed by atoms with van der Waals surface area (Å²) < 4.78 is 2.06. The van der Waals surface area contributed by atoms with Crippen LogP contribution in [-0.4, -0.2) is 35.3 Å². The zero-order valence-corrected chi connectivity index (χ0v) is 17.4. The molecule has 8 heteroatoms. The number of aromatic nitrogens is 6. The first-order valence-corrected chi connectivity index (χ1v) is 10.4. The molecule has 0 spiro atoms. The lowest BCUT2D eigenvalue weighted by Gasteiger charge is -2.25. The molecule has 0 fully saturated rings. The van der Waals surface area contributed by atoms with Crippen LogP contribution in [0.4, 0.5) is 0 Å². The van der Waals surface area contributed by atoms with E-state index in [0.29, 0.717) is 16.7 Å². The van der Waals surface area contributed by atoms with Crippen LogP contribution in [0.5, 0.6) is 0 Å². The van der Waals surface area contributed by atoms with Crippen molar-refractivity contribution in [3.63, 3.8) is 0 Å². The number of H-pyrrole nitrogens is 1. The van der Waals surface area contributed by atoms with E-state index in [9.17, 15) is 5.11 Å². The number of hydrogen-bond acceptors (Lipinski definition) is 5. The SMILES string of the molecule is CCCCc1nc(Cl)c(CO)n1C(c1ccccc1)c1ccccc1-c1nn[nH]n1. The van der Waals surface area contributed by atoms with Crippen LogP contribution in [0.25, 0.3) is 11.4 Å². The van der Waals surface area contributed by atoms with Crippen molar-refractivity contribution in [3.05, 3.63) is 82.4 Å². The van der Waals surface area contributed by atoms with Gasteiger partial charge in [-0.2, -0.15) is 5.21 Å². The molecule has 7 nitrogen and oxygen atoms in total. The molecule has 1 unspecified atom stereocenters. The van der Waals surface area contributed by atoms with Crippen LogP contribution >= 0.6 is 11.6 Å². The molecule has 4 aromatic rings. The van der Waals surface area contributed by atoms with Gasteiger partial charge in [0.05, 0.1) is 18.3 Å². The van der Waals surface area contributed by atoms with Gasteiger partial charge in [0, 0.05) is 12.0 Å². The number of unbranched alkanes of at least 4 members (excludes halogenated alkanes) is 1. The predicted octanol–water partition coefficient (Wildman–Crippen LogP) is 4.19. The van der Waals surface area contributed by atoms with E-state index < -0.39 is 0 Å². The molecule has 0 aliphatic rings. The van der Waals surface area contributed by atoms with Crippen molar-refractivity contribution in [1.29, 1.82) is 0 Å². The fourth-order valence-electron chi connectivity index (χ4n) is 3.76. The molecule has 0 aliphatic carbocycles. The minimum Gasteiger partial charge on any atom is -0.390 e. The molecule has 2 aromatic heterocycles. The van der Waals surface area contributed by atoms with Gasteiger partial charge >= 0.3 is 0 Å². The molecule has 0 aliphatic heterocycles. The van der Waals surface area contributed by atoms with E-state index in [2.05, 4.69) is 49.2 Å². The van der Waals surface area contributed by atoms with Crippen molar-refractivity contribution in [2.75, 3.05) is 0 Å². The van der Waals surface area contributed by atoms with Gasteiger partial charge in [-0.1, -0.05) is 79.5 Å². The molecule has 0 saturated carbocycles. The number of hydrogen-bond donors (Lipinski definition) is 2. The molecule has 0 saturated heterocycles. The summed E-state index contributed by atoms with van der Waals surface area (Å²) in [6.07, 6.45) is 2.78. The van der Waals surface area contributed by atoms with Crippen molar-refractivity contribution < 1.29 is 5.11 Å². The summed E-state index contributed by atoms with van der Waals surface area (Å²) in [5.41, 5.74) is 3.48. The average molecular weight is 423 g/mol. The van der Waals surface area contributed by atoms with Gasteiger partial charge in [-0.25, -0.2) is 4.98 Å². The minimum atomic E-state index is -0.255. The predicted molar refractivity (Wildman–Crippen MR) is 115 cm³/mol. The molecule has 154 valence electrons. The Hall–Kier alpha value is -3.03. The van der Waals surface area contributed by atoms with Crippen LogP contribution < -0.4 is 0 Å². The smallest absolute Gasteiger partial charge is 0.205 e. The standard InChI is InChI=1S/C22H23ClN6O/c1-2-3-13-19-24-21(23)18(14-30)29(19)20(15-9-5-4-6-10-15)16-11-7-8-12-17(16)22-25-27-28-26-22/h4-12,20,30H,2-3,13-14H2,1H3,(H,25,26,27,28). The maximum Gasteiger partial charge on any atom is 0.205 e. The normalized spacial score (nSPS) is 12.2. The molecular formula is C22H23ClN6O. The second kappa shape index (κ2) is 9.19. The molecule has 2 heterocycles. The fraction of sp³-hybridized carbons (Fsp3) is 0.273. The Bertz CT molecular complexity index is 1090. The molecule has 30 heavy (non-hydrogen) atoms. The third-order valence-corrected chi connectivity index (χ3v) is 5.46. The van der Waals surface area contributed by atoms with Gasteiger partial charge in [0.2, 0.25) is 5.82 Å². The van der Waals surface area contributed by atoms with Crippen LogP contribution in [-0.2, 0) is 13.0 Å². The molecule has 0 bridgehead atoms. The monoisotopic (exact) mass is 422 g/mol. The first-order valence-electron chi connectivity index (χ1n) is 9.98. The zero-order valence-electron chi connectivity index (χ0n) is 16.7. The Kier molecular flexibility index (Phi) is 6.21. The average Bonchev–Trinajstić information content (AvgIpc) is 3.42. The van der Waals surface area contributed by atoms with Crippen molar-refractivity contribution in [2.45, 2.75) is 38.8 Å². The molecule has 4 rings (SSSR count). The Morgan fingerprint density at radius 1 is 1.10 bits per heavy atom. The van der Waals surface area contributed by atoms with E-state index in [4.69, 9.17) is 11.6 Å². The van der Waals surface area contributed by atoms with E-state index in [1.165, 1.54) is 0 Å². The number of aliphatic hydroxyl groups is 1. The van der Waals surface area contributed by atoms with E-state index in [1.807, 2.05) is 42.5 Å². The van der Waals surface area contributed by atoms with Gasteiger partial charge in [-0.3, -0.25) is 0 Å². The summed E-state index contributed by atoms with van der Waals surface area (Å²) in [7, 11) is 0. The highest BCUT2D eigenvalue weighted by atomic mass is 35.5. The summed E-state index contributed by atoms with van der Waals surface area (Å²) in [4.78, 5) is 4.60. The van der Waals surface area contributed by atoms with Crippen LogP contribution in [0.15, 0.2) is 54.6 Å². The van der Waals surface area contributed by atoms with Gasteiger partial charge in [-0.15, -0.1) is 10.2 Å². The summed E-state index contributed by atoms with van der Waals surface area (Å²) in [6.45, 7) is 1.94. The van der Waals surface area contributed by atoms with Crippen molar-refractivity contribution in [2.24, 2.45) is 0 Å². The maximum absolute atomic E-state index is 10.1. The van der Waals surface area contributed by atoms with Crippen molar-refractivity contribution in [1.82, 2.24) is 30.2 Å². The third-order valence-electron chi connectivity index (χ3n) is 5.15. The summed E-state index contributed by atoms with van der Waals surface area (Å²) in [5.74, 6) is 1.36. The first kappa shape index (κ1) is 20.3. The summed E-state index contributed by atoms with van der Waals surface area (Å²) in [5, 5.41) is 25.1. The summed E-state index contributed by atoms with van der Waals surface area (Å²) in [6, 6.07) is 17.8. The maximum atomic E-state index is 10.1. The number of nitrogens with zero attached hydrogens (tertiary/aromatic N) is 5. The lowest BCUT2D eigenvalue weighted by molar-refractivity contribution is 0.269. The summed E-state index contributed by atoms with van der Waals surface area (Å²) >= 11 is 6.46. The van der Waals surface area contributed by atoms with E-state index >= 15 is 0 Å². The fourth-order valence-corrected chi connectivity index (χ4v) is 4.01. The Morgan fingerprint density at radius 2 is 1.87 bits per heavy atom. The van der Waals surface area contributed by atoms with Gasteiger partial charge in [0.1, 0.15) is 5.82 Å². The van der Waals surface area contributed by atoms with Crippen molar-refractivity contribution >= 4 is 11.6 Å². The Balaban J connectivity index is 1.98. The Labute approximate surface area is 179 Å². The molecule has 2 N–H and O–H groups in total. The second-order valence-electron chi connectivity index (χ2n) is 7.03. The van der Waals surface area contributed by atoms with E-state index in [0.717, 1.165) is 41.8 Å². The molecule has 0 amide bonds. The van der Waals surface area contributed by atoms with E-state index in [-0.39, 0.29) is 12.6 Å². The lowest BCUT2D eigenvalue weighted by atomic mass is 9.93. The lowest BCUT2D eigenvalue weighted by Crippen LogP contribution is -2.19. The van der Waals surface area contributed by atoms with Gasteiger partial charge in [0.25, 0.3) is 0 Å². The first-order chi connectivity index (χ1) is 14.7. The number of aryl methyl sites for hydroxylation is 1. The number of tetrazole rings is 1. The number of halogens is 1. The topological polar surface area (TPSA) is 92.5 Å². The van der Waals surface area contributed by atoms with Gasteiger partial charge in [0.15, 0.2) is 5.15 Å². The van der Waals surface area contributed by atoms with E-state index in [1.54, 1.807) is 0 Å². The third kappa shape index (κ3) is 3.86. The van der Waals surface area contributed by atoms with Crippen LogP contribution in [0, 0.1) is 0 Å². The highest BCUT2D eigenvalue weighted by Gasteiger charge is 2.27. The number of aromatic amines is 1. The molecule has 0 radical (unpaired) electrons. The highest BCUT2D eigenvalue weighted by Crippen LogP contribution is 2.36. The zero-order chi connectivity index (χ0) is 20.9. The number of nitrogens with one attached hydrogen (secondary N) is 1. The molecule has 1 atom stereocenters. The van der Waals surface area contributed by atoms with Crippen LogP contribution in [0.2, 0.25) is 5.15 Å². The molecular weight excluding hydrogens is 400 g/mol. The number of imidazole rings is 1. The number of aliphatic hydroxyl groups excluding tert-OH is 1. The highest BCUT2D eigenvalue weighted by molar-refractivity contribution is 6.30. The van der Waals surface area contributed by atoms with Crippen molar-refractivity contribution in [3.8, 4) is 11.4 Å². The van der Waals surface area contributed by atoms with Crippen LogP contribution in [0.3, 0.4) is 0 Å². The number of benzene rings is 2. The minimum absolute atomic E-state index is 0.203. The van der Waals surface area contributed by atoms with Gasteiger partial charge < -0.3 is 9.67 Å². The van der Waals surface area contributed by atoms with Gasteiger partial charge in [-0.05, 0) is 22.8 Å². The van der Waals surface area contributed by atoms with Crippen LogP contribution in [0.1, 0.15) is 48.5 Å². The molecule has 2 aromatic carbocycles. The quantitative estimate of drug-likeness (QED) is 0.444. The largest absolute Gasteiger partial charge is 0.390 e. The Morgan fingerprint density at radius 3 is 2.57 bits per heavy atom. The second-order valence-corrected chi connectivity index (χ2v) is 7.39. The number of rotatable bonds is 8.